The fraction of sp³-hybridized carbons (Fsp3) is 0.636. The van der Waals surface area contributed by atoms with Crippen molar-refractivity contribution in [3.8, 4) is 0 Å². The lowest BCUT2D eigenvalue weighted by molar-refractivity contribution is -0.117. The fourth-order valence-electron chi connectivity index (χ4n) is 3.72. The summed E-state index contributed by atoms with van der Waals surface area (Å²) in [6, 6.07) is 8.09. The van der Waals surface area contributed by atoms with Crippen LogP contribution in [0.1, 0.15) is 31.7 Å². The van der Waals surface area contributed by atoms with Crippen LogP contribution in [0.3, 0.4) is 0 Å². The highest BCUT2D eigenvalue weighted by Gasteiger charge is 2.23. The summed E-state index contributed by atoms with van der Waals surface area (Å²) < 4.78 is 11.2. The van der Waals surface area contributed by atoms with Gasteiger partial charge < -0.3 is 25.0 Å². The van der Waals surface area contributed by atoms with Gasteiger partial charge in [0.15, 0.2) is 5.96 Å². The lowest BCUT2D eigenvalue weighted by atomic mass is 10.0. The Morgan fingerprint density at radius 3 is 2.87 bits per heavy atom. The van der Waals surface area contributed by atoms with Gasteiger partial charge in [-0.1, -0.05) is 18.2 Å². The van der Waals surface area contributed by atoms with Crippen LogP contribution >= 0.6 is 24.0 Å². The Hall–Kier alpha value is -1.39. The third-order valence-electron chi connectivity index (χ3n) is 5.36. The van der Waals surface area contributed by atoms with Gasteiger partial charge in [-0.25, -0.2) is 4.99 Å². The van der Waals surface area contributed by atoms with Crippen molar-refractivity contribution in [3.63, 3.8) is 0 Å². The summed E-state index contributed by atoms with van der Waals surface area (Å²) in [5.41, 5.74) is 2.25. The van der Waals surface area contributed by atoms with Crippen molar-refractivity contribution in [2.24, 2.45) is 10.9 Å². The number of guanidine groups is 1. The first-order valence-corrected chi connectivity index (χ1v) is 10.8. The summed E-state index contributed by atoms with van der Waals surface area (Å²) in [5.74, 6) is 1.35. The largest absolute Gasteiger partial charge is 0.381 e. The SMILES string of the molecule is CCNC(=NCC(=O)N1CCc2ccccc21)NCCCOCC1CCOCC1.I. The predicted molar refractivity (Wildman–Crippen MR) is 131 cm³/mol. The average Bonchev–Trinajstić information content (AvgIpc) is 3.19. The zero-order valence-electron chi connectivity index (χ0n) is 17.9. The number of fused-ring (bicyclic) bond motifs is 1. The van der Waals surface area contributed by atoms with Gasteiger partial charge in [-0.05, 0) is 50.2 Å². The molecule has 2 heterocycles. The molecule has 1 aromatic carbocycles. The Morgan fingerprint density at radius 1 is 1.27 bits per heavy atom. The summed E-state index contributed by atoms with van der Waals surface area (Å²) in [5, 5.41) is 6.50. The molecule has 1 aromatic rings. The molecule has 30 heavy (non-hydrogen) atoms. The van der Waals surface area contributed by atoms with E-state index in [9.17, 15) is 4.79 Å². The van der Waals surface area contributed by atoms with Gasteiger partial charge in [0.1, 0.15) is 6.54 Å². The molecule has 0 atom stereocenters. The van der Waals surface area contributed by atoms with Gasteiger partial charge in [0, 0.05) is 51.7 Å². The molecule has 0 spiro atoms. The molecule has 2 aliphatic rings. The minimum absolute atomic E-state index is 0. The highest BCUT2D eigenvalue weighted by Crippen LogP contribution is 2.27. The number of aliphatic imine (C=N–C) groups is 1. The summed E-state index contributed by atoms with van der Waals surface area (Å²) in [6.07, 6.45) is 4.02. The molecule has 0 saturated carbocycles. The molecule has 1 amide bonds. The Labute approximate surface area is 197 Å². The maximum Gasteiger partial charge on any atom is 0.248 e. The molecule has 0 bridgehead atoms. The van der Waals surface area contributed by atoms with Gasteiger partial charge in [-0.2, -0.15) is 0 Å². The van der Waals surface area contributed by atoms with Gasteiger partial charge in [0.2, 0.25) is 5.91 Å². The second-order valence-corrected chi connectivity index (χ2v) is 7.53. The van der Waals surface area contributed by atoms with Gasteiger partial charge in [0.05, 0.1) is 0 Å². The van der Waals surface area contributed by atoms with Crippen LogP contribution in [-0.4, -0.2) is 64.5 Å². The molecular weight excluding hydrogens is 495 g/mol. The lowest BCUT2D eigenvalue weighted by Gasteiger charge is -2.21. The van der Waals surface area contributed by atoms with Crippen LogP contribution < -0.4 is 15.5 Å². The van der Waals surface area contributed by atoms with Crippen molar-refractivity contribution in [2.45, 2.75) is 32.6 Å². The van der Waals surface area contributed by atoms with Crippen LogP contribution in [0.5, 0.6) is 0 Å². The Balaban J connectivity index is 0.00000320. The average molecular weight is 530 g/mol. The Kier molecular flexibility index (Phi) is 11.5. The number of ether oxygens (including phenoxy) is 2. The molecule has 0 aliphatic carbocycles. The second-order valence-electron chi connectivity index (χ2n) is 7.53. The van der Waals surface area contributed by atoms with Gasteiger partial charge >= 0.3 is 0 Å². The van der Waals surface area contributed by atoms with E-state index in [-0.39, 0.29) is 36.4 Å². The van der Waals surface area contributed by atoms with Crippen molar-refractivity contribution >= 4 is 41.5 Å². The standard InChI is InChI=1S/C22H34N4O3.HI/c1-2-23-22(24-11-5-13-29-17-18-9-14-28-15-10-18)25-16-21(27)26-12-8-19-6-3-4-7-20(19)26;/h3-4,6-7,18H,2,5,8-17H2,1H3,(H2,23,24,25);1H. The first-order valence-electron chi connectivity index (χ1n) is 10.8. The minimum atomic E-state index is 0. The zero-order chi connectivity index (χ0) is 20.3. The van der Waals surface area contributed by atoms with Crippen molar-refractivity contribution in [3.05, 3.63) is 29.8 Å². The summed E-state index contributed by atoms with van der Waals surface area (Å²) >= 11 is 0. The van der Waals surface area contributed by atoms with Crippen LogP contribution in [0.4, 0.5) is 5.69 Å². The van der Waals surface area contributed by atoms with E-state index in [1.165, 1.54) is 5.56 Å². The molecule has 7 nitrogen and oxygen atoms in total. The summed E-state index contributed by atoms with van der Waals surface area (Å²) in [6.45, 7) is 7.70. The molecule has 1 saturated heterocycles. The van der Waals surface area contributed by atoms with Crippen molar-refractivity contribution in [1.82, 2.24) is 10.6 Å². The summed E-state index contributed by atoms with van der Waals surface area (Å²) in [7, 11) is 0. The quantitative estimate of drug-likeness (QED) is 0.222. The van der Waals surface area contributed by atoms with E-state index in [1.54, 1.807) is 0 Å². The van der Waals surface area contributed by atoms with E-state index >= 15 is 0 Å². The van der Waals surface area contributed by atoms with Crippen LogP contribution in [0.15, 0.2) is 29.3 Å². The second kappa shape index (κ2) is 13.8. The van der Waals surface area contributed by atoms with E-state index in [0.717, 1.165) is 77.4 Å². The van der Waals surface area contributed by atoms with Crippen molar-refractivity contribution in [2.75, 3.05) is 57.5 Å². The molecule has 3 rings (SSSR count). The van der Waals surface area contributed by atoms with E-state index < -0.39 is 0 Å². The number of carbonyl (C=O) groups excluding carboxylic acids is 1. The van der Waals surface area contributed by atoms with E-state index in [0.29, 0.717) is 11.9 Å². The van der Waals surface area contributed by atoms with Crippen LogP contribution in [-0.2, 0) is 20.7 Å². The molecular formula is C22H35IN4O3. The molecule has 2 aliphatic heterocycles. The van der Waals surface area contributed by atoms with Crippen molar-refractivity contribution in [1.29, 1.82) is 0 Å². The van der Waals surface area contributed by atoms with Crippen molar-refractivity contribution < 1.29 is 14.3 Å². The highest BCUT2D eigenvalue weighted by molar-refractivity contribution is 14.0. The topological polar surface area (TPSA) is 75.2 Å². The van der Waals surface area contributed by atoms with Crippen LogP contribution in [0.2, 0.25) is 0 Å². The number of halogens is 1. The number of anilines is 1. The number of nitrogens with one attached hydrogen (secondary N) is 2. The minimum Gasteiger partial charge on any atom is -0.381 e. The maximum atomic E-state index is 12.6. The lowest BCUT2D eigenvalue weighted by Crippen LogP contribution is -2.39. The number of para-hydroxylation sites is 1. The number of nitrogens with zero attached hydrogens (tertiary/aromatic N) is 2. The molecule has 0 aromatic heterocycles. The number of hydrogen-bond acceptors (Lipinski definition) is 4. The number of rotatable bonds is 9. The monoisotopic (exact) mass is 530 g/mol. The highest BCUT2D eigenvalue weighted by atomic mass is 127. The van der Waals surface area contributed by atoms with Crippen LogP contribution in [0.25, 0.3) is 0 Å². The maximum absolute atomic E-state index is 12.6. The first kappa shape index (κ1) is 24.9. The third kappa shape index (κ3) is 7.70. The molecule has 2 N–H and O–H groups in total. The molecule has 168 valence electrons. The third-order valence-corrected chi connectivity index (χ3v) is 5.36. The number of amides is 1. The van der Waals surface area contributed by atoms with Crippen LogP contribution in [0, 0.1) is 5.92 Å². The molecule has 1 fully saturated rings. The molecule has 0 unspecified atom stereocenters. The predicted octanol–water partition coefficient (Wildman–Crippen LogP) is 2.58. The number of benzene rings is 1. The number of carbonyl (C=O) groups is 1. The Bertz CT molecular complexity index is 680. The Morgan fingerprint density at radius 2 is 2.07 bits per heavy atom. The normalized spacial score (nSPS) is 16.7. The molecule has 0 radical (unpaired) electrons. The van der Waals surface area contributed by atoms with Gasteiger partial charge in [-0.15, -0.1) is 24.0 Å². The fourth-order valence-corrected chi connectivity index (χ4v) is 3.72. The molecule has 8 heteroatoms. The van der Waals surface area contributed by atoms with E-state index in [4.69, 9.17) is 9.47 Å². The van der Waals surface area contributed by atoms with Gasteiger partial charge in [0.25, 0.3) is 0 Å². The van der Waals surface area contributed by atoms with E-state index in [2.05, 4.69) is 21.7 Å². The summed E-state index contributed by atoms with van der Waals surface area (Å²) in [4.78, 5) is 18.9. The first-order chi connectivity index (χ1) is 14.3. The van der Waals surface area contributed by atoms with Gasteiger partial charge in [-0.3, -0.25) is 4.79 Å². The number of hydrogen-bond donors (Lipinski definition) is 2. The smallest absolute Gasteiger partial charge is 0.248 e. The van der Waals surface area contributed by atoms with E-state index in [1.807, 2.05) is 30.0 Å². The zero-order valence-corrected chi connectivity index (χ0v) is 20.2.